The van der Waals surface area contributed by atoms with E-state index in [1.165, 1.54) is 37.0 Å². The summed E-state index contributed by atoms with van der Waals surface area (Å²) in [4.78, 5) is 20.7. The van der Waals surface area contributed by atoms with Crippen molar-refractivity contribution in [2.45, 2.75) is 37.0 Å². The van der Waals surface area contributed by atoms with Gasteiger partial charge in [0.25, 0.3) is 0 Å². The van der Waals surface area contributed by atoms with E-state index in [9.17, 15) is 4.79 Å². The number of nitrogens with zero attached hydrogens (tertiary/aromatic N) is 3. The lowest BCUT2D eigenvalue weighted by molar-refractivity contribution is -0.132. The van der Waals surface area contributed by atoms with E-state index in [4.69, 9.17) is 11.6 Å². The van der Waals surface area contributed by atoms with Gasteiger partial charge in [0.05, 0.1) is 11.6 Å². The summed E-state index contributed by atoms with van der Waals surface area (Å²) in [5, 5.41) is 0.852. The van der Waals surface area contributed by atoms with Crippen molar-refractivity contribution >= 4 is 29.3 Å². The number of benzene rings is 1. The maximum atomic E-state index is 12.5. The second-order valence-corrected chi connectivity index (χ2v) is 9.09. The van der Waals surface area contributed by atoms with Crippen molar-refractivity contribution in [1.29, 1.82) is 0 Å². The van der Waals surface area contributed by atoms with Crippen molar-refractivity contribution in [3.63, 3.8) is 0 Å². The molecule has 2 aliphatic heterocycles. The van der Waals surface area contributed by atoms with Crippen LogP contribution in [0.3, 0.4) is 0 Å². The van der Waals surface area contributed by atoms with Crippen molar-refractivity contribution < 1.29 is 4.79 Å². The summed E-state index contributed by atoms with van der Waals surface area (Å²) in [6.45, 7) is 7.83. The van der Waals surface area contributed by atoms with Crippen LogP contribution in [0.15, 0.2) is 29.2 Å². The third kappa shape index (κ3) is 6.97. The maximum Gasteiger partial charge on any atom is 0.236 e. The van der Waals surface area contributed by atoms with E-state index < -0.39 is 0 Å². The first kappa shape index (κ1) is 21.0. The third-order valence-corrected chi connectivity index (χ3v) is 7.10. The predicted molar refractivity (Wildman–Crippen MR) is 115 cm³/mol. The fourth-order valence-corrected chi connectivity index (χ4v) is 4.99. The molecule has 0 atom stereocenters. The fraction of sp³-hybridized carbons (Fsp3) is 0.667. The average Bonchev–Trinajstić information content (AvgIpc) is 2.97. The number of halogens is 1. The molecule has 0 unspecified atom stereocenters. The van der Waals surface area contributed by atoms with Crippen molar-refractivity contribution in [1.82, 2.24) is 14.7 Å². The quantitative estimate of drug-likeness (QED) is 0.505. The van der Waals surface area contributed by atoms with Gasteiger partial charge in [-0.2, -0.15) is 0 Å². The van der Waals surface area contributed by atoms with E-state index >= 15 is 0 Å². The van der Waals surface area contributed by atoms with Gasteiger partial charge >= 0.3 is 0 Å². The zero-order valence-corrected chi connectivity index (χ0v) is 17.8. The lowest BCUT2D eigenvalue weighted by Gasteiger charge is -2.35. The topological polar surface area (TPSA) is 26.8 Å². The molecule has 2 aliphatic rings. The second-order valence-electron chi connectivity index (χ2n) is 7.55. The molecule has 4 nitrogen and oxygen atoms in total. The van der Waals surface area contributed by atoms with Crippen LogP contribution >= 0.6 is 23.4 Å². The summed E-state index contributed by atoms with van der Waals surface area (Å²) in [5.41, 5.74) is 0. The van der Waals surface area contributed by atoms with Gasteiger partial charge in [-0.15, -0.1) is 11.8 Å². The van der Waals surface area contributed by atoms with Crippen LogP contribution < -0.4 is 0 Å². The first-order valence-electron chi connectivity index (χ1n) is 10.3. The minimum Gasteiger partial charge on any atom is -0.342 e. The van der Waals surface area contributed by atoms with E-state index in [-0.39, 0.29) is 0 Å². The largest absolute Gasteiger partial charge is 0.342 e. The highest BCUT2D eigenvalue weighted by molar-refractivity contribution is 7.99. The number of hydrogen-bond donors (Lipinski definition) is 0. The zero-order chi connectivity index (χ0) is 18.9. The van der Waals surface area contributed by atoms with E-state index in [0.29, 0.717) is 12.5 Å². The van der Waals surface area contributed by atoms with Gasteiger partial charge in [-0.05, 0) is 43.7 Å². The number of likely N-dealkylation sites (tertiary alicyclic amines) is 1. The van der Waals surface area contributed by atoms with E-state index in [1.54, 1.807) is 0 Å². The number of carbonyl (C=O) groups excluding carboxylic acids is 1. The summed E-state index contributed by atoms with van der Waals surface area (Å²) < 4.78 is 0. The molecule has 1 aromatic rings. The average molecular weight is 410 g/mol. The van der Waals surface area contributed by atoms with Gasteiger partial charge in [0, 0.05) is 44.2 Å². The van der Waals surface area contributed by atoms with Gasteiger partial charge < -0.3 is 9.80 Å². The SMILES string of the molecule is O=C(CN1CCN(CCCSc2ccccc2Cl)CC1)N1CCCCCC1. The lowest BCUT2D eigenvalue weighted by Crippen LogP contribution is -2.50. The molecule has 2 heterocycles. The van der Waals surface area contributed by atoms with Gasteiger partial charge in [0.2, 0.25) is 5.91 Å². The molecule has 0 radical (unpaired) electrons. The molecular weight excluding hydrogens is 378 g/mol. The smallest absolute Gasteiger partial charge is 0.236 e. The van der Waals surface area contributed by atoms with Crippen LogP contribution in [0.25, 0.3) is 0 Å². The lowest BCUT2D eigenvalue weighted by atomic mass is 10.2. The summed E-state index contributed by atoms with van der Waals surface area (Å²) in [6.07, 6.45) is 6.06. The fourth-order valence-electron chi connectivity index (χ4n) is 3.81. The van der Waals surface area contributed by atoms with Gasteiger partial charge in [0.15, 0.2) is 0 Å². The van der Waals surface area contributed by atoms with Crippen LogP contribution in [0.1, 0.15) is 32.1 Å². The molecule has 0 N–H and O–H groups in total. The predicted octanol–water partition coefficient (Wildman–Crippen LogP) is 3.84. The minimum atomic E-state index is 0.335. The summed E-state index contributed by atoms with van der Waals surface area (Å²) >= 11 is 8.05. The molecule has 3 rings (SSSR count). The Labute approximate surface area is 173 Å². The Hall–Kier alpha value is -0.750. The number of piperazine rings is 1. The molecule has 6 heteroatoms. The number of carbonyl (C=O) groups is 1. The van der Waals surface area contributed by atoms with Crippen LogP contribution in [0.2, 0.25) is 5.02 Å². The summed E-state index contributed by atoms with van der Waals surface area (Å²) in [6, 6.07) is 8.06. The second kappa shape index (κ2) is 11.3. The Kier molecular flexibility index (Phi) is 8.78. The van der Waals surface area contributed by atoms with E-state index in [1.807, 2.05) is 30.0 Å². The molecule has 0 saturated carbocycles. The Morgan fingerprint density at radius 1 is 0.926 bits per heavy atom. The molecule has 1 aromatic carbocycles. The molecule has 2 fully saturated rings. The van der Waals surface area contributed by atoms with Crippen molar-refractivity contribution in [3.05, 3.63) is 29.3 Å². The number of rotatable bonds is 7. The summed E-state index contributed by atoms with van der Waals surface area (Å²) in [7, 11) is 0. The Morgan fingerprint density at radius 3 is 2.30 bits per heavy atom. The molecule has 150 valence electrons. The van der Waals surface area contributed by atoms with Crippen molar-refractivity contribution in [3.8, 4) is 0 Å². The van der Waals surface area contributed by atoms with Gasteiger partial charge in [-0.3, -0.25) is 9.69 Å². The third-order valence-electron chi connectivity index (χ3n) is 5.50. The Bertz CT molecular complexity index is 585. The molecular formula is C21H32ClN3OS. The Morgan fingerprint density at radius 2 is 1.59 bits per heavy atom. The minimum absolute atomic E-state index is 0.335. The highest BCUT2D eigenvalue weighted by atomic mass is 35.5. The van der Waals surface area contributed by atoms with Crippen LogP contribution in [-0.2, 0) is 4.79 Å². The standard InChI is InChI=1S/C21H32ClN3OS/c22-19-8-3-4-9-20(19)27-17-7-10-23-13-15-24(16-14-23)18-21(26)25-11-5-1-2-6-12-25/h3-4,8-9H,1-2,5-7,10-18H2. The monoisotopic (exact) mass is 409 g/mol. The normalized spacial score (nSPS) is 19.8. The van der Waals surface area contributed by atoms with E-state index in [2.05, 4.69) is 20.8 Å². The zero-order valence-electron chi connectivity index (χ0n) is 16.2. The molecule has 0 bridgehead atoms. The molecule has 0 aromatic heterocycles. The molecule has 1 amide bonds. The number of thioether (sulfide) groups is 1. The first-order valence-corrected chi connectivity index (χ1v) is 11.7. The van der Waals surface area contributed by atoms with Gasteiger partial charge in [0.1, 0.15) is 0 Å². The van der Waals surface area contributed by atoms with Crippen molar-refractivity contribution in [2.24, 2.45) is 0 Å². The number of amides is 1. The van der Waals surface area contributed by atoms with E-state index in [0.717, 1.165) is 56.6 Å². The highest BCUT2D eigenvalue weighted by Crippen LogP contribution is 2.27. The summed E-state index contributed by atoms with van der Waals surface area (Å²) in [5.74, 6) is 1.43. The van der Waals surface area contributed by atoms with Crippen LogP contribution in [0, 0.1) is 0 Å². The molecule has 0 spiro atoms. The van der Waals surface area contributed by atoms with Gasteiger partial charge in [-0.1, -0.05) is 36.6 Å². The van der Waals surface area contributed by atoms with Crippen LogP contribution in [0.4, 0.5) is 0 Å². The maximum absolute atomic E-state index is 12.5. The van der Waals surface area contributed by atoms with Crippen LogP contribution in [-0.4, -0.2) is 78.7 Å². The highest BCUT2D eigenvalue weighted by Gasteiger charge is 2.22. The first-order chi connectivity index (χ1) is 13.2. The molecule has 2 saturated heterocycles. The Balaban J connectivity index is 1.29. The molecule has 27 heavy (non-hydrogen) atoms. The molecule has 0 aliphatic carbocycles. The van der Waals surface area contributed by atoms with Gasteiger partial charge in [-0.25, -0.2) is 0 Å². The van der Waals surface area contributed by atoms with Crippen LogP contribution in [0.5, 0.6) is 0 Å². The number of hydrogen-bond acceptors (Lipinski definition) is 4. The van der Waals surface area contributed by atoms with Crippen molar-refractivity contribution in [2.75, 3.05) is 58.1 Å².